The van der Waals surface area contributed by atoms with Gasteiger partial charge in [-0.3, -0.25) is 0 Å². The van der Waals surface area contributed by atoms with Crippen molar-refractivity contribution in [1.82, 2.24) is 19.7 Å². The maximum absolute atomic E-state index is 13.9. The van der Waals surface area contributed by atoms with Crippen LogP contribution in [0.25, 0.3) is 0 Å². The number of nitrogens with one attached hydrogen (secondary N) is 1. The van der Waals surface area contributed by atoms with E-state index in [2.05, 4.69) is 15.4 Å². The fourth-order valence-electron chi connectivity index (χ4n) is 2.74. The Hall–Kier alpha value is -2.64. The van der Waals surface area contributed by atoms with Crippen LogP contribution in [0.5, 0.6) is 5.75 Å². The fraction of sp³-hybridized carbons (Fsp3) is 0.400. The Morgan fingerprint density at radius 1 is 1.48 bits per heavy atom. The number of piperidine rings is 1. The summed E-state index contributed by atoms with van der Waals surface area (Å²) in [7, 11) is 1.44. The van der Waals surface area contributed by atoms with Crippen LogP contribution in [-0.4, -0.2) is 45.9 Å². The standard InChI is InChI=1S/C15H18FN5O2/c1-23-13-6-2-5-12(16)14(13)19-15(22)20-7-3-4-11(8-20)21-10-17-9-18-21/h2,5-6,9-11H,3-4,7-8H2,1H3,(H,19,22). The van der Waals surface area contributed by atoms with E-state index in [0.29, 0.717) is 18.8 Å². The van der Waals surface area contributed by atoms with Crippen LogP contribution in [0.2, 0.25) is 0 Å². The van der Waals surface area contributed by atoms with Crippen LogP contribution < -0.4 is 10.1 Å². The summed E-state index contributed by atoms with van der Waals surface area (Å²) in [6, 6.07) is 4.16. The third kappa shape index (κ3) is 3.25. The number of urea groups is 1. The number of ether oxygens (including phenoxy) is 1. The lowest BCUT2D eigenvalue weighted by molar-refractivity contribution is 0.174. The summed E-state index contributed by atoms with van der Waals surface area (Å²) in [6.45, 7) is 1.12. The van der Waals surface area contributed by atoms with E-state index in [4.69, 9.17) is 4.74 Å². The van der Waals surface area contributed by atoms with Gasteiger partial charge in [-0.05, 0) is 25.0 Å². The van der Waals surface area contributed by atoms with E-state index in [0.717, 1.165) is 12.8 Å². The van der Waals surface area contributed by atoms with Crippen molar-refractivity contribution in [3.8, 4) is 5.75 Å². The van der Waals surface area contributed by atoms with Gasteiger partial charge in [0.1, 0.15) is 24.1 Å². The van der Waals surface area contributed by atoms with E-state index >= 15 is 0 Å². The van der Waals surface area contributed by atoms with Gasteiger partial charge in [0.25, 0.3) is 0 Å². The second kappa shape index (κ2) is 6.64. The van der Waals surface area contributed by atoms with Gasteiger partial charge in [-0.1, -0.05) is 6.07 Å². The normalized spacial score (nSPS) is 17.8. The van der Waals surface area contributed by atoms with Crippen LogP contribution in [0.1, 0.15) is 18.9 Å². The molecule has 0 bridgehead atoms. The van der Waals surface area contributed by atoms with Crippen LogP contribution in [0.3, 0.4) is 0 Å². The topological polar surface area (TPSA) is 72.3 Å². The van der Waals surface area contributed by atoms with Crippen molar-refractivity contribution < 1.29 is 13.9 Å². The maximum atomic E-state index is 13.9. The van der Waals surface area contributed by atoms with Gasteiger partial charge in [0, 0.05) is 13.1 Å². The maximum Gasteiger partial charge on any atom is 0.322 e. The number of likely N-dealkylation sites (tertiary alicyclic amines) is 1. The summed E-state index contributed by atoms with van der Waals surface area (Å²) < 4.78 is 20.8. The summed E-state index contributed by atoms with van der Waals surface area (Å²) >= 11 is 0. The van der Waals surface area contributed by atoms with Crippen molar-refractivity contribution in [2.45, 2.75) is 18.9 Å². The second-order valence-electron chi connectivity index (χ2n) is 5.36. The van der Waals surface area contributed by atoms with Gasteiger partial charge < -0.3 is 15.0 Å². The molecule has 1 atom stereocenters. The van der Waals surface area contributed by atoms with Crippen molar-refractivity contribution in [1.29, 1.82) is 0 Å². The number of rotatable bonds is 3. The largest absolute Gasteiger partial charge is 0.494 e. The van der Waals surface area contributed by atoms with Crippen molar-refractivity contribution in [2.24, 2.45) is 0 Å². The number of nitrogens with zero attached hydrogens (tertiary/aromatic N) is 4. The molecule has 2 heterocycles. The van der Waals surface area contributed by atoms with Crippen LogP contribution in [0.15, 0.2) is 30.9 Å². The fourth-order valence-corrected chi connectivity index (χ4v) is 2.74. The highest BCUT2D eigenvalue weighted by molar-refractivity contribution is 5.91. The molecule has 1 unspecified atom stereocenters. The Bertz CT molecular complexity index is 677. The molecule has 1 aromatic carbocycles. The number of methoxy groups -OCH3 is 1. The van der Waals surface area contributed by atoms with E-state index in [9.17, 15) is 9.18 Å². The van der Waals surface area contributed by atoms with Crippen LogP contribution >= 0.6 is 0 Å². The first kappa shape index (κ1) is 15.3. The minimum Gasteiger partial charge on any atom is -0.494 e. The lowest BCUT2D eigenvalue weighted by Gasteiger charge is -2.32. The number of hydrogen-bond acceptors (Lipinski definition) is 4. The highest BCUT2D eigenvalue weighted by Gasteiger charge is 2.26. The van der Waals surface area contributed by atoms with Gasteiger partial charge in [-0.15, -0.1) is 0 Å². The lowest BCUT2D eigenvalue weighted by Crippen LogP contribution is -2.43. The number of halogens is 1. The first-order valence-corrected chi connectivity index (χ1v) is 7.41. The quantitative estimate of drug-likeness (QED) is 0.942. The van der Waals surface area contributed by atoms with Gasteiger partial charge in [0.2, 0.25) is 0 Å². The third-order valence-electron chi connectivity index (χ3n) is 3.92. The van der Waals surface area contributed by atoms with E-state index in [-0.39, 0.29) is 17.8 Å². The minimum atomic E-state index is -0.525. The molecular weight excluding hydrogens is 301 g/mol. The Labute approximate surface area is 133 Å². The van der Waals surface area contributed by atoms with E-state index in [1.54, 1.807) is 22.0 Å². The first-order valence-electron chi connectivity index (χ1n) is 7.41. The van der Waals surface area contributed by atoms with Gasteiger partial charge >= 0.3 is 6.03 Å². The molecule has 0 radical (unpaired) electrons. The molecule has 2 aromatic rings. The molecule has 23 heavy (non-hydrogen) atoms. The van der Waals surface area contributed by atoms with Crippen molar-refractivity contribution in [3.05, 3.63) is 36.7 Å². The Kier molecular flexibility index (Phi) is 4.40. The predicted molar refractivity (Wildman–Crippen MR) is 81.8 cm³/mol. The van der Waals surface area contributed by atoms with Crippen molar-refractivity contribution in [2.75, 3.05) is 25.5 Å². The smallest absolute Gasteiger partial charge is 0.322 e. The summed E-state index contributed by atoms with van der Waals surface area (Å²) in [6.07, 6.45) is 4.90. The number of aromatic nitrogens is 3. The molecule has 1 N–H and O–H groups in total. The lowest BCUT2D eigenvalue weighted by atomic mass is 10.1. The molecule has 8 heteroatoms. The van der Waals surface area contributed by atoms with Gasteiger partial charge in [0.05, 0.1) is 13.2 Å². The van der Waals surface area contributed by atoms with Crippen molar-refractivity contribution >= 4 is 11.7 Å². The molecule has 1 aromatic heterocycles. The molecule has 1 fully saturated rings. The molecule has 2 amide bonds. The highest BCUT2D eigenvalue weighted by atomic mass is 19.1. The molecule has 1 saturated heterocycles. The summed E-state index contributed by atoms with van der Waals surface area (Å²) in [5.74, 6) is -0.231. The third-order valence-corrected chi connectivity index (χ3v) is 3.92. The monoisotopic (exact) mass is 319 g/mol. The average molecular weight is 319 g/mol. The summed E-state index contributed by atoms with van der Waals surface area (Å²) in [5.41, 5.74) is 0.0582. The number of benzene rings is 1. The van der Waals surface area contributed by atoms with Gasteiger partial charge in [0.15, 0.2) is 5.82 Å². The zero-order chi connectivity index (χ0) is 16.2. The number of anilines is 1. The molecule has 7 nitrogen and oxygen atoms in total. The number of carbonyl (C=O) groups excluding carboxylic acids is 1. The van der Waals surface area contributed by atoms with E-state index in [1.165, 1.54) is 25.6 Å². The Morgan fingerprint density at radius 2 is 2.35 bits per heavy atom. The molecular formula is C15H18FN5O2. The number of hydrogen-bond donors (Lipinski definition) is 1. The minimum absolute atomic E-state index is 0.0582. The van der Waals surface area contributed by atoms with Gasteiger partial charge in [-0.25, -0.2) is 18.9 Å². The molecule has 0 saturated carbocycles. The number of para-hydroxylation sites is 1. The molecule has 122 valence electrons. The highest BCUT2D eigenvalue weighted by Crippen LogP contribution is 2.28. The summed E-state index contributed by atoms with van der Waals surface area (Å²) in [5, 5.41) is 6.73. The van der Waals surface area contributed by atoms with Crippen LogP contribution in [0.4, 0.5) is 14.9 Å². The Balaban J connectivity index is 1.71. The zero-order valence-electron chi connectivity index (χ0n) is 12.8. The molecule has 3 rings (SSSR count). The number of amides is 2. The second-order valence-corrected chi connectivity index (χ2v) is 5.36. The van der Waals surface area contributed by atoms with Crippen LogP contribution in [-0.2, 0) is 0 Å². The molecule has 0 spiro atoms. The van der Waals surface area contributed by atoms with Gasteiger partial charge in [-0.2, -0.15) is 5.10 Å². The molecule has 0 aliphatic carbocycles. The molecule has 1 aliphatic rings. The zero-order valence-corrected chi connectivity index (χ0v) is 12.8. The van der Waals surface area contributed by atoms with Crippen molar-refractivity contribution in [3.63, 3.8) is 0 Å². The average Bonchev–Trinajstić information content (AvgIpc) is 3.11. The first-order chi connectivity index (χ1) is 11.2. The molecule has 1 aliphatic heterocycles. The SMILES string of the molecule is COc1cccc(F)c1NC(=O)N1CCCC(n2cncn2)C1. The van der Waals surface area contributed by atoms with E-state index < -0.39 is 5.82 Å². The van der Waals surface area contributed by atoms with Crippen LogP contribution in [0, 0.1) is 5.82 Å². The predicted octanol–water partition coefficient (Wildman–Crippen LogP) is 2.29. The summed E-state index contributed by atoms with van der Waals surface area (Å²) in [4.78, 5) is 18.0. The number of carbonyl (C=O) groups is 1. The van der Waals surface area contributed by atoms with E-state index in [1.807, 2.05) is 0 Å². The Morgan fingerprint density at radius 3 is 3.09 bits per heavy atom.